The Morgan fingerprint density at radius 3 is 1.71 bits per heavy atom. The highest BCUT2D eigenvalue weighted by atomic mass is 16.5. The van der Waals surface area contributed by atoms with Crippen molar-refractivity contribution in [3.63, 3.8) is 0 Å². The molecule has 1 aromatic carbocycles. The van der Waals surface area contributed by atoms with Gasteiger partial charge < -0.3 is 4.74 Å². The second-order valence-electron chi connectivity index (χ2n) is 6.44. The summed E-state index contributed by atoms with van der Waals surface area (Å²) in [7, 11) is 0. The van der Waals surface area contributed by atoms with Gasteiger partial charge in [0.15, 0.2) is 0 Å². The topological polar surface area (TPSA) is 9.23 Å². The number of rotatable bonds is 0. The zero-order valence-electron chi connectivity index (χ0n) is 12.4. The van der Waals surface area contributed by atoms with Gasteiger partial charge in [-0.25, -0.2) is 0 Å². The predicted molar refractivity (Wildman–Crippen MR) is 73.1 cm³/mol. The molecule has 0 unspecified atom stereocenters. The number of hydrogen-bond acceptors (Lipinski definition) is 1. The van der Waals surface area contributed by atoms with Gasteiger partial charge in [-0.2, -0.15) is 0 Å². The highest BCUT2D eigenvalue weighted by Gasteiger charge is 2.49. The molecule has 1 aliphatic heterocycles. The summed E-state index contributed by atoms with van der Waals surface area (Å²) in [5, 5.41) is 0. The van der Waals surface area contributed by atoms with Gasteiger partial charge in [-0.15, -0.1) is 0 Å². The molecule has 0 radical (unpaired) electrons. The second kappa shape index (κ2) is 3.28. The van der Waals surface area contributed by atoms with Crippen molar-refractivity contribution in [1.29, 1.82) is 0 Å². The van der Waals surface area contributed by atoms with E-state index in [1.54, 1.807) is 0 Å². The third kappa shape index (κ3) is 1.38. The Hall–Kier alpha value is -0.980. The highest BCUT2D eigenvalue weighted by molar-refractivity contribution is 5.60. The van der Waals surface area contributed by atoms with E-state index in [9.17, 15) is 0 Å². The first-order valence-corrected chi connectivity index (χ1v) is 6.41. The molecule has 0 N–H and O–H groups in total. The summed E-state index contributed by atoms with van der Waals surface area (Å²) in [5.74, 6) is 1.13. The van der Waals surface area contributed by atoms with Gasteiger partial charge in [0, 0.05) is 11.0 Å². The maximum Gasteiger partial charge on any atom is 0.127 e. The molecule has 0 aliphatic carbocycles. The van der Waals surface area contributed by atoms with E-state index in [4.69, 9.17) is 4.74 Å². The van der Waals surface area contributed by atoms with Crippen LogP contribution in [0.2, 0.25) is 0 Å². The van der Waals surface area contributed by atoms with Crippen LogP contribution in [0, 0.1) is 27.7 Å². The molecular formula is C16H24O. The van der Waals surface area contributed by atoms with Crippen LogP contribution in [0.25, 0.3) is 0 Å². The normalized spacial score (nSPS) is 20.0. The van der Waals surface area contributed by atoms with Crippen molar-refractivity contribution in [2.75, 3.05) is 0 Å². The fraction of sp³-hybridized carbons (Fsp3) is 0.625. The van der Waals surface area contributed by atoms with Crippen molar-refractivity contribution < 1.29 is 4.74 Å². The van der Waals surface area contributed by atoms with Crippen LogP contribution in [-0.2, 0) is 5.41 Å². The second-order valence-corrected chi connectivity index (χ2v) is 6.44. The zero-order valence-corrected chi connectivity index (χ0v) is 12.4. The Kier molecular flexibility index (Phi) is 2.40. The first-order valence-electron chi connectivity index (χ1n) is 6.41. The molecule has 0 saturated carbocycles. The van der Waals surface area contributed by atoms with Crippen LogP contribution in [0.4, 0.5) is 0 Å². The molecule has 0 spiro atoms. The number of hydrogen-bond donors (Lipinski definition) is 0. The molecular weight excluding hydrogens is 208 g/mol. The Balaban J connectivity index is 2.85. The van der Waals surface area contributed by atoms with E-state index in [0.717, 1.165) is 5.75 Å². The van der Waals surface area contributed by atoms with Gasteiger partial charge in [0.25, 0.3) is 0 Å². The SMILES string of the molecule is Cc1c(C)c(C)c2c(c1C)OC(C)(C)C2(C)C. The Morgan fingerprint density at radius 1 is 0.706 bits per heavy atom. The molecule has 1 heterocycles. The van der Waals surface area contributed by atoms with Crippen LogP contribution in [0.5, 0.6) is 5.75 Å². The van der Waals surface area contributed by atoms with Gasteiger partial charge >= 0.3 is 0 Å². The van der Waals surface area contributed by atoms with E-state index in [1.165, 1.54) is 27.8 Å². The van der Waals surface area contributed by atoms with Crippen molar-refractivity contribution in [3.8, 4) is 5.75 Å². The third-order valence-corrected chi connectivity index (χ3v) is 5.12. The average molecular weight is 232 g/mol. The van der Waals surface area contributed by atoms with Crippen molar-refractivity contribution in [2.45, 2.75) is 66.4 Å². The van der Waals surface area contributed by atoms with Crippen molar-refractivity contribution in [3.05, 3.63) is 27.8 Å². The average Bonchev–Trinajstić information content (AvgIpc) is 2.40. The van der Waals surface area contributed by atoms with E-state index >= 15 is 0 Å². The Labute approximate surface area is 105 Å². The minimum Gasteiger partial charge on any atom is -0.486 e. The molecule has 0 aromatic heterocycles. The summed E-state index contributed by atoms with van der Waals surface area (Å²) in [4.78, 5) is 0. The molecule has 1 nitrogen and oxygen atoms in total. The molecule has 0 saturated heterocycles. The van der Waals surface area contributed by atoms with Crippen molar-refractivity contribution in [1.82, 2.24) is 0 Å². The lowest BCUT2D eigenvalue weighted by atomic mass is 9.71. The van der Waals surface area contributed by atoms with Crippen molar-refractivity contribution in [2.24, 2.45) is 0 Å². The first-order chi connectivity index (χ1) is 7.61. The van der Waals surface area contributed by atoms with Gasteiger partial charge in [0.1, 0.15) is 11.4 Å². The summed E-state index contributed by atoms with van der Waals surface area (Å²) in [6.07, 6.45) is 0. The molecule has 94 valence electrons. The number of fused-ring (bicyclic) bond motifs is 1. The van der Waals surface area contributed by atoms with Crippen LogP contribution in [0.15, 0.2) is 0 Å². The van der Waals surface area contributed by atoms with Crippen LogP contribution >= 0.6 is 0 Å². The monoisotopic (exact) mass is 232 g/mol. The van der Waals surface area contributed by atoms with E-state index in [2.05, 4.69) is 55.4 Å². The zero-order chi connectivity index (χ0) is 13.2. The van der Waals surface area contributed by atoms with Crippen LogP contribution in [0.3, 0.4) is 0 Å². The predicted octanol–water partition coefficient (Wildman–Crippen LogP) is 4.37. The molecule has 17 heavy (non-hydrogen) atoms. The first kappa shape index (κ1) is 12.5. The Bertz CT molecular complexity index is 493. The van der Waals surface area contributed by atoms with Crippen molar-refractivity contribution >= 4 is 0 Å². The van der Waals surface area contributed by atoms with Crippen LogP contribution in [0.1, 0.15) is 55.5 Å². The Morgan fingerprint density at radius 2 is 1.18 bits per heavy atom. The minimum absolute atomic E-state index is 0.0651. The lowest BCUT2D eigenvalue weighted by Gasteiger charge is -2.34. The summed E-state index contributed by atoms with van der Waals surface area (Å²) in [6.45, 7) is 17.8. The van der Waals surface area contributed by atoms with Gasteiger partial charge in [-0.05, 0) is 63.8 Å². The van der Waals surface area contributed by atoms with Gasteiger partial charge in [0.05, 0.1) is 0 Å². The van der Waals surface area contributed by atoms with Gasteiger partial charge in [-0.1, -0.05) is 13.8 Å². The molecule has 2 rings (SSSR count). The summed E-state index contributed by atoms with van der Waals surface area (Å²) >= 11 is 0. The van der Waals surface area contributed by atoms with Crippen LogP contribution in [-0.4, -0.2) is 5.60 Å². The van der Waals surface area contributed by atoms with Crippen LogP contribution < -0.4 is 4.74 Å². The number of benzene rings is 1. The molecule has 1 heteroatoms. The fourth-order valence-corrected chi connectivity index (χ4v) is 2.84. The minimum atomic E-state index is -0.134. The smallest absolute Gasteiger partial charge is 0.127 e. The highest BCUT2D eigenvalue weighted by Crippen LogP contribution is 2.52. The molecule has 0 atom stereocenters. The van der Waals surface area contributed by atoms with E-state index in [0.29, 0.717) is 0 Å². The lowest BCUT2D eigenvalue weighted by molar-refractivity contribution is 0.0706. The van der Waals surface area contributed by atoms with E-state index in [-0.39, 0.29) is 11.0 Å². The maximum absolute atomic E-state index is 6.26. The van der Waals surface area contributed by atoms with E-state index < -0.39 is 0 Å². The summed E-state index contributed by atoms with van der Waals surface area (Å²) in [6, 6.07) is 0. The summed E-state index contributed by atoms with van der Waals surface area (Å²) in [5.41, 5.74) is 6.83. The largest absolute Gasteiger partial charge is 0.486 e. The van der Waals surface area contributed by atoms with Gasteiger partial charge in [-0.3, -0.25) is 0 Å². The maximum atomic E-state index is 6.26. The van der Waals surface area contributed by atoms with Gasteiger partial charge in [0.2, 0.25) is 0 Å². The van der Waals surface area contributed by atoms with E-state index in [1.807, 2.05) is 0 Å². The fourth-order valence-electron chi connectivity index (χ4n) is 2.84. The molecule has 1 aliphatic rings. The third-order valence-electron chi connectivity index (χ3n) is 5.12. The number of ether oxygens (including phenoxy) is 1. The molecule has 0 fully saturated rings. The molecule has 0 amide bonds. The lowest BCUT2D eigenvalue weighted by Crippen LogP contribution is -2.42. The standard InChI is InChI=1S/C16H24O/c1-9-10(2)12(4)14-13(11(9)3)15(5,6)16(7,8)17-14/h1-8H3. The molecule has 0 bridgehead atoms. The quantitative estimate of drug-likeness (QED) is 0.645. The molecule has 1 aromatic rings. The summed E-state index contributed by atoms with van der Waals surface area (Å²) < 4.78 is 6.26.